The van der Waals surface area contributed by atoms with Gasteiger partial charge in [-0.1, -0.05) is 0 Å². The Balaban J connectivity index is 1.82. The van der Waals surface area contributed by atoms with E-state index in [4.69, 9.17) is 4.74 Å². The number of hydrogen-bond acceptors (Lipinski definition) is 4. The van der Waals surface area contributed by atoms with Crippen molar-refractivity contribution in [3.8, 4) is 0 Å². The number of rotatable bonds is 4. The highest BCUT2D eigenvalue weighted by Gasteiger charge is 2.40. The second kappa shape index (κ2) is 5.33. The van der Waals surface area contributed by atoms with Gasteiger partial charge in [0.1, 0.15) is 5.54 Å². The van der Waals surface area contributed by atoms with Crippen molar-refractivity contribution in [2.45, 2.75) is 37.3 Å². The first-order valence-corrected chi connectivity index (χ1v) is 6.42. The molecule has 0 aromatic heterocycles. The minimum Gasteiger partial charge on any atom is -0.480 e. The molecule has 2 fully saturated rings. The molecule has 1 atom stereocenters. The van der Waals surface area contributed by atoms with Crippen molar-refractivity contribution in [1.82, 2.24) is 10.2 Å². The SMILES string of the molecule is CNC1(C(=O)O)CCN(CC2CCCO2)CC1. The van der Waals surface area contributed by atoms with Crippen LogP contribution in [0.1, 0.15) is 25.7 Å². The van der Waals surface area contributed by atoms with Gasteiger partial charge in [-0.2, -0.15) is 0 Å². The molecule has 2 heterocycles. The van der Waals surface area contributed by atoms with Crippen LogP contribution in [0.25, 0.3) is 0 Å². The lowest BCUT2D eigenvalue weighted by molar-refractivity contribution is -0.147. The fourth-order valence-electron chi connectivity index (χ4n) is 2.76. The molecule has 0 amide bonds. The number of hydrogen-bond donors (Lipinski definition) is 2. The van der Waals surface area contributed by atoms with E-state index >= 15 is 0 Å². The van der Waals surface area contributed by atoms with Gasteiger partial charge in [0.15, 0.2) is 0 Å². The van der Waals surface area contributed by atoms with Crippen molar-refractivity contribution in [2.75, 3.05) is 33.3 Å². The van der Waals surface area contributed by atoms with E-state index < -0.39 is 11.5 Å². The highest BCUT2D eigenvalue weighted by atomic mass is 16.5. The zero-order chi connectivity index (χ0) is 12.3. The maximum Gasteiger partial charge on any atom is 0.323 e. The standard InChI is InChI=1S/C12H22N2O3/c1-13-12(11(15)16)4-6-14(7-5-12)9-10-3-2-8-17-10/h10,13H,2-9H2,1H3,(H,15,16). The number of carbonyl (C=O) groups is 1. The Morgan fingerprint density at radius 2 is 2.24 bits per heavy atom. The van der Waals surface area contributed by atoms with Gasteiger partial charge in [-0.25, -0.2) is 0 Å². The number of carboxylic acids is 1. The predicted octanol–water partition coefficient (Wildman–Crippen LogP) is 0.304. The summed E-state index contributed by atoms with van der Waals surface area (Å²) < 4.78 is 5.61. The fraction of sp³-hybridized carbons (Fsp3) is 0.917. The largest absolute Gasteiger partial charge is 0.480 e. The third-order valence-electron chi connectivity index (χ3n) is 4.08. The third-order valence-corrected chi connectivity index (χ3v) is 4.08. The van der Waals surface area contributed by atoms with Gasteiger partial charge in [0.25, 0.3) is 0 Å². The molecule has 2 N–H and O–H groups in total. The summed E-state index contributed by atoms with van der Waals surface area (Å²) in [4.78, 5) is 13.6. The van der Waals surface area contributed by atoms with E-state index in [0.29, 0.717) is 18.9 Å². The number of nitrogens with one attached hydrogen (secondary N) is 1. The number of likely N-dealkylation sites (tertiary alicyclic amines) is 1. The molecule has 0 aromatic carbocycles. The summed E-state index contributed by atoms with van der Waals surface area (Å²) in [6.45, 7) is 3.52. The van der Waals surface area contributed by atoms with Crippen LogP contribution in [0.2, 0.25) is 0 Å². The Kier molecular flexibility index (Phi) is 4.01. The first kappa shape index (κ1) is 12.8. The van der Waals surface area contributed by atoms with Crippen molar-refractivity contribution >= 4 is 5.97 Å². The van der Waals surface area contributed by atoms with Gasteiger partial charge in [-0.05, 0) is 32.7 Å². The van der Waals surface area contributed by atoms with E-state index in [-0.39, 0.29) is 0 Å². The zero-order valence-electron chi connectivity index (χ0n) is 10.4. The maximum atomic E-state index is 11.3. The molecular weight excluding hydrogens is 220 g/mol. The molecule has 1 unspecified atom stereocenters. The zero-order valence-corrected chi connectivity index (χ0v) is 10.4. The molecule has 2 saturated heterocycles. The van der Waals surface area contributed by atoms with Gasteiger partial charge in [0, 0.05) is 26.2 Å². The Bertz CT molecular complexity index is 269. The molecule has 2 aliphatic rings. The van der Waals surface area contributed by atoms with E-state index in [9.17, 15) is 9.90 Å². The maximum absolute atomic E-state index is 11.3. The quantitative estimate of drug-likeness (QED) is 0.742. The summed E-state index contributed by atoms with van der Waals surface area (Å²) in [5.41, 5.74) is -0.715. The average molecular weight is 242 g/mol. The second-order valence-corrected chi connectivity index (χ2v) is 5.07. The number of ether oxygens (including phenoxy) is 1. The lowest BCUT2D eigenvalue weighted by atomic mass is 9.87. The number of carboxylic acid groups (broad SMARTS) is 1. The van der Waals surface area contributed by atoms with Crippen molar-refractivity contribution in [2.24, 2.45) is 0 Å². The van der Waals surface area contributed by atoms with E-state index in [2.05, 4.69) is 10.2 Å². The van der Waals surface area contributed by atoms with Gasteiger partial charge < -0.3 is 20.1 Å². The smallest absolute Gasteiger partial charge is 0.323 e. The number of likely N-dealkylation sites (N-methyl/N-ethyl adjacent to an activating group) is 1. The third kappa shape index (κ3) is 2.78. The van der Waals surface area contributed by atoms with E-state index in [1.807, 2.05) is 0 Å². The molecule has 0 saturated carbocycles. The van der Waals surface area contributed by atoms with Gasteiger partial charge in [-0.15, -0.1) is 0 Å². The average Bonchev–Trinajstić information content (AvgIpc) is 2.83. The monoisotopic (exact) mass is 242 g/mol. The highest BCUT2D eigenvalue weighted by molar-refractivity contribution is 5.78. The summed E-state index contributed by atoms with van der Waals surface area (Å²) in [5.74, 6) is -0.725. The van der Waals surface area contributed by atoms with Crippen LogP contribution in [0.5, 0.6) is 0 Å². The van der Waals surface area contributed by atoms with Gasteiger partial charge in [0.05, 0.1) is 6.10 Å². The molecule has 0 radical (unpaired) electrons. The molecule has 17 heavy (non-hydrogen) atoms. The van der Waals surface area contributed by atoms with Crippen molar-refractivity contribution in [1.29, 1.82) is 0 Å². The molecular formula is C12H22N2O3. The Morgan fingerprint density at radius 1 is 1.53 bits per heavy atom. The molecule has 2 aliphatic heterocycles. The van der Waals surface area contributed by atoms with Crippen LogP contribution in [0, 0.1) is 0 Å². The van der Waals surface area contributed by atoms with Gasteiger partial charge >= 0.3 is 5.97 Å². The van der Waals surface area contributed by atoms with E-state index in [1.165, 1.54) is 0 Å². The highest BCUT2D eigenvalue weighted by Crippen LogP contribution is 2.23. The second-order valence-electron chi connectivity index (χ2n) is 5.07. The summed E-state index contributed by atoms with van der Waals surface area (Å²) in [6.07, 6.45) is 4.01. The molecule has 5 heteroatoms. The molecule has 0 bridgehead atoms. The lowest BCUT2D eigenvalue weighted by Gasteiger charge is -2.39. The number of nitrogens with zero attached hydrogens (tertiary/aromatic N) is 1. The molecule has 98 valence electrons. The van der Waals surface area contributed by atoms with Crippen LogP contribution in [0.15, 0.2) is 0 Å². The molecule has 0 aromatic rings. The predicted molar refractivity (Wildman–Crippen MR) is 64.1 cm³/mol. The summed E-state index contributed by atoms with van der Waals surface area (Å²) in [5, 5.41) is 12.2. The molecule has 5 nitrogen and oxygen atoms in total. The van der Waals surface area contributed by atoms with Crippen molar-refractivity contribution in [3.63, 3.8) is 0 Å². The van der Waals surface area contributed by atoms with Gasteiger partial charge in [0.2, 0.25) is 0 Å². The summed E-state index contributed by atoms with van der Waals surface area (Å²) in [6, 6.07) is 0. The minimum absolute atomic E-state index is 0.363. The van der Waals surface area contributed by atoms with Crippen LogP contribution < -0.4 is 5.32 Å². The number of aliphatic carboxylic acids is 1. The fourth-order valence-corrected chi connectivity index (χ4v) is 2.76. The van der Waals surface area contributed by atoms with E-state index in [1.54, 1.807) is 7.05 Å². The molecule has 0 aliphatic carbocycles. The Labute approximate surface area is 102 Å². The topological polar surface area (TPSA) is 61.8 Å². The first-order chi connectivity index (χ1) is 8.16. The Hall–Kier alpha value is -0.650. The summed E-state index contributed by atoms with van der Waals surface area (Å²) in [7, 11) is 1.74. The lowest BCUT2D eigenvalue weighted by Crippen LogP contribution is -2.57. The normalized spacial score (nSPS) is 29.4. The van der Waals surface area contributed by atoms with Crippen LogP contribution >= 0.6 is 0 Å². The van der Waals surface area contributed by atoms with Crippen molar-refractivity contribution < 1.29 is 14.6 Å². The summed E-state index contributed by atoms with van der Waals surface area (Å²) >= 11 is 0. The first-order valence-electron chi connectivity index (χ1n) is 6.42. The van der Waals surface area contributed by atoms with E-state index in [0.717, 1.165) is 39.1 Å². The van der Waals surface area contributed by atoms with Crippen LogP contribution in [0.4, 0.5) is 0 Å². The van der Waals surface area contributed by atoms with Crippen LogP contribution in [-0.2, 0) is 9.53 Å². The minimum atomic E-state index is -0.725. The van der Waals surface area contributed by atoms with Gasteiger partial charge in [-0.3, -0.25) is 4.79 Å². The van der Waals surface area contributed by atoms with Crippen molar-refractivity contribution in [3.05, 3.63) is 0 Å². The van der Waals surface area contributed by atoms with Crippen LogP contribution in [-0.4, -0.2) is 60.9 Å². The van der Waals surface area contributed by atoms with Crippen LogP contribution in [0.3, 0.4) is 0 Å². The molecule has 0 spiro atoms. The Morgan fingerprint density at radius 3 is 2.71 bits per heavy atom. The molecule has 2 rings (SSSR count). The number of piperidine rings is 1.